The van der Waals surface area contributed by atoms with Gasteiger partial charge in [0.1, 0.15) is 11.5 Å². The summed E-state index contributed by atoms with van der Waals surface area (Å²) in [5, 5.41) is 3.10. The molecule has 0 bridgehead atoms. The van der Waals surface area contributed by atoms with Crippen LogP contribution in [0.1, 0.15) is 58.4 Å². The van der Waals surface area contributed by atoms with E-state index >= 15 is 0 Å². The predicted molar refractivity (Wildman–Crippen MR) is 238 cm³/mol. The highest BCUT2D eigenvalue weighted by Crippen LogP contribution is 2.25. The van der Waals surface area contributed by atoms with E-state index in [2.05, 4.69) is 49.5 Å². The summed E-state index contributed by atoms with van der Waals surface area (Å²) < 4.78 is 12.5. The number of likely N-dealkylation sites (N-methyl/N-ethyl adjacent to an activating group) is 2. The number of ether oxygens (including phenoxy) is 2. The summed E-state index contributed by atoms with van der Waals surface area (Å²) in [7, 11) is 3.52. The molecule has 4 heterocycles. The number of aromatic nitrogens is 4. The molecule has 326 valence electrons. The van der Waals surface area contributed by atoms with Gasteiger partial charge in [-0.1, -0.05) is 35.9 Å². The van der Waals surface area contributed by atoms with Crippen LogP contribution in [0, 0.1) is 0 Å². The van der Waals surface area contributed by atoms with E-state index in [1.807, 2.05) is 48.5 Å². The number of nitrogens with one attached hydrogen (secondary N) is 1. The van der Waals surface area contributed by atoms with Crippen LogP contribution < -0.4 is 26.3 Å². The molecule has 3 aromatic heterocycles. The van der Waals surface area contributed by atoms with Gasteiger partial charge in [-0.25, -0.2) is 9.97 Å². The standard InChI is InChI=1S/C46H55ClN10O5/c1-55(28-35-17-21-50-22-18-35)40(58)31-61-38-13-9-33(10-14-38)6-3-25-57(27-5-8-37(30-57)52-46(60)42-44(48)54-45(49)43(47)53-42)26-4-7-34-11-15-39(16-12-34)62-32-41(59)56(2)29-36-19-23-51-24-20-36/h9-24,37H,3-8,25-32H2,1-2H3,(H4-,48,49,52,54,60)/p+1. The molecule has 0 spiro atoms. The number of rotatable bonds is 20. The molecule has 1 atom stereocenters. The van der Waals surface area contributed by atoms with Gasteiger partial charge in [-0.2, -0.15) is 0 Å². The quantitative estimate of drug-likeness (QED) is 0.0879. The van der Waals surface area contributed by atoms with Gasteiger partial charge in [0.15, 0.2) is 35.7 Å². The number of amides is 3. The first-order valence-electron chi connectivity index (χ1n) is 20.9. The summed E-state index contributed by atoms with van der Waals surface area (Å²) in [5.74, 6) is 0.557. The summed E-state index contributed by atoms with van der Waals surface area (Å²) in [5.41, 5.74) is 16.1. The van der Waals surface area contributed by atoms with Crippen molar-refractivity contribution in [3.8, 4) is 11.5 Å². The van der Waals surface area contributed by atoms with Gasteiger partial charge >= 0.3 is 0 Å². The Labute approximate surface area is 368 Å². The predicted octanol–water partition coefficient (Wildman–Crippen LogP) is 5.13. The average molecular weight is 864 g/mol. The smallest absolute Gasteiger partial charge is 0.274 e. The lowest BCUT2D eigenvalue weighted by Gasteiger charge is -2.45. The molecule has 6 rings (SSSR count). The maximum absolute atomic E-state index is 13.4. The normalized spacial score (nSPS) is 14.4. The Morgan fingerprint density at radius 3 is 1.68 bits per heavy atom. The van der Waals surface area contributed by atoms with Gasteiger partial charge in [0.05, 0.1) is 32.2 Å². The van der Waals surface area contributed by atoms with Crippen LogP contribution in [0.25, 0.3) is 0 Å². The molecule has 0 saturated carbocycles. The Morgan fingerprint density at radius 2 is 1.19 bits per heavy atom. The molecule has 62 heavy (non-hydrogen) atoms. The number of nitrogen functional groups attached to an aromatic ring is 2. The number of likely N-dealkylation sites (tertiary alicyclic amines) is 1. The van der Waals surface area contributed by atoms with Crippen molar-refractivity contribution >= 4 is 41.0 Å². The van der Waals surface area contributed by atoms with E-state index in [0.29, 0.717) is 24.6 Å². The Kier molecular flexibility index (Phi) is 16.0. The Morgan fingerprint density at radius 1 is 0.710 bits per heavy atom. The lowest BCUT2D eigenvalue weighted by molar-refractivity contribution is -0.933. The molecule has 1 aliphatic rings. The third-order valence-electron chi connectivity index (χ3n) is 11.2. The lowest BCUT2D eigenvalue weighted by atomic mass is 9.99. The molecule has 5 aromatic rings. The zero-order chi connectivity index (χ0) is 43.9. The van der Waals surface area contributed by atoms with Gasteiger partial charge in [-0.15, -0.1) is 0 Å². The Bertz CT molecular complexity index is 2120. The fraction of sp³-hybridized carbons (Fsp3) is 0.370. The molecular formula is C46H56ClN10O5+. The average Bonchev–Trinajstić information content (AvgIpc) is 3.27. The highest BCUT2D eigenvalue weighted by atomic mass is 35.5. The third kappa shape index (κ3) is 13.3. The van der Waals surface area contributed by atoms with Crippen molar-refractivity contribution in [1.82, 2.24) is 35.1 Å². The van der Waals surface area contributed by atoms with Gasteiger partial charge < -0.3 is 40.5 Å². The van der Waals surface area contributed by atoms with Crippen molar-refractivity contribution < 1.29 is 28.3 Å². The van der Waals surface area contributed by atoms with E-state index in [0.717, 1.165) is 80.3 Å². The first kappa shape index (κ1) is 45.2. The van der Waals surface area contributed by atoms with Crippen LogP contribution in [0.5, 0.6) is 11.5 Å². The van der Waals surface area contributed by atoms with E-state index in [1.54, 1.807) is 48.7 Å². The Hall–Kier alpha value is -6.32. The first-order chi connectivity index (χ1) is 29.9. The monoisotopic (exact) mass is 863 g/mol. The van der Waals surface area contributed by atoms with Crippen LogP contribution in [0.2, 0.25) is 5.15 Å². The molecular weight excluding hydrogens is 808 g/mol. The summed E-state index contributed by atoms with van der Waals surface area (Å²) in [6.45, 7) is 4.48. The number of hydrogen-bond acceptors (Lipinski definition) is 11. The SMILES string of the molecule is CN(Cc1ccncc1)C(=O)COc1ccc(CCC[N+]2(CCCc3ccc(OCC(=O)N(C)Cc4ccncc4)cc3)CCCC(NC(=O)c3nc(Cl)c(N)nc3N)C2)cc1. The van der Waals surface area contributed by atoms with E-state index in [-0.39, 0.29) is 53.6 Å². The number of carbonyl (C=O) groups is 3. The van der Waals surface area contributed by atoms with Crippen molar-refractivity contribution in [1.29, 1.82) is 0 Å². The third-order valence-corrected chi connectivity index (χ3v) is 11.5. The molecule has 1 aliphatic heterocycles. The number of piperidine rings is 1. The first-order valence-corrected chi connectivity index (χ1v) is 21.3. The minimum Gasteiger partial charge on any atom is -0.484 e. The molecule has 0 radical (unpaired) electrons. The second kappa shape index (κ2) is 22.0. The van der Waals surface area contributed by atoms with Crippen molar-refractivity contribution in [3.63, 3.8) is 0 Å². The topological polar surface area (TPSA) is 192 Å². The van der Waals surface area contributed by atoms with Gasteiger partial charge in [0.2, 0.25) is 0 Å². The number of aryl methyl sites for hydroxylation is 2. The molecule has 1 fully saturated rings. The van der Waals surface area contributed by atoms with Gasteiger partial charge in [-0.3, -0.25) is 24.4 Å². The van der Waals surface area contributed by atoms with Crippen LogP contribution in [-0.4, -0.2) is 111 Å². The largest absolute Gasteiger partial charge is 0.484 e. The minimum atomic E-state index is -0.421. The van der Waals surface area contributed by atoms with E-state index < -0.39 is 5.91 Å². The van der Waals surface area contributed by atoms with Crippen molar-refractivity contribution in [2.45, 2.75) is 57.7 Å². The maximum atomic E-state index is 13.4. The number of pyridine rings is 2. The zero-order valence-corrected chi connectivity index (χ0v) is 36.2. The number of hydrogen-bond donors (Lipinski definition) is 3. The number of carbonyl (C=O) groups excluding carboxylic acids is 3. The number of halogens is 1. The second-order valence-corrected chi connectivity index (χ2v) is 16.3. The molecule has 1 saturated heterocycles. The van der Waals surface area contributed by atoms with E-state index in [4.69, 9.17) is 32.5 Å². The van der Waals surface area contributed by atoms with Crippen molar-refractivity contribution in [2.75, 3.05) is 65.0 Å². The van der Waals surface area contributed by atoms with Crippen LogP contribution in [-0.2, 0) is 35.5 Å². The zero-order valence-electron chi connectivity index (χ0n) is 35.4. The van der Waals surface area contributed by atoms with Crippen LogP contribution in [0.15, 0.2) is 97.6 Å². The molecule has 2 aromatic carbocycles. The van der Waals surface area contributed by atoms with E-state index in [1.165, 1.54) is 11.1 Å². The molecule has 1 unspecified atom stereocenters. The minimum absolute atomic E-state index is 0.0233. The van der Waals surface area contributed by atoms with Crippen molar-refractivity contribution in [3.05, 3.63) is 131 Å². The summed E-state index contributed by atoms with van der Waals surface area (Å²) in [6.07, 6.45) is 12.2. The molecule has 16 heteroatoms. The van der Waals surface area contributed by atoms with Gasteiger partial charge in [0, 0.05) is 64.8 Å². The highest BCUT2D eigenvalue weighted by Gasteiger charge is 2.36. The fourth-order valence-corrected chi connectivity index (χ4v) is 7.90. The summed E-state index contributed by atoms with van der Waals surface area (Å²) in [4.78, 5) is 58.2. The van der Waals surface area contributed by atoms with Gasteiger partial charge in [-0.05, 0) is 96.5 Å². The number of anilines is 2. The molecule has 3 amide bonds. The second-order valence-electron chi connectivity index (χ2n) is 15.9. The van der Waals surface area contributed by atoms with Crippen LogP contribution in [0.3, 0.4) is 0 Å². The fourth-order valence-electron chi connectivity index (χ4n) is 7.77. The van der Waals surface area contributed by atoms with Crippen molar-refractivity contribution in [2.24, 2.45) is 0 Å². The maximum Gasteiger partial charge on any atom is 0.274 e. The summed E-state index contributed by atoms with van der Waals surface area (Å²) >= 11 is 6.09. The number of nitrogens with two attached hydrogens (primary N) is 2. The number of quaternary nitrogens is 1. The van der Waals surface area contributed by atoms with Gasteiger partial charge in [0.25, 0.3) is 17.7 Å². The number of nitrogens with zero attached hydrogens (tertiary/aromatic N) is 7. The van der Waals surface area contributed by atoms with Crippen LogP contribution in [0.4, 0.5) is 11.6 Å². The molecule has 15 nitrogen and oxygen atoms in total. The highest BCUT2D eigenvalue weighted by molar-refractivity contribution is 6.31. The van der Waals surface area contributed by atoms with Crippen LogP contribution >= 0.6 is 11.6 Å². The lowest BCUT2D eigenvalue weighted by Crippen LogP contribution is -2.60. The Balaban J connectivity index is 1.02. The molecule has 5 N–H and O–H groups in total. The summed E-state index contributed by atoms with van der Waals surface area (Å²) in [6, 6.07) is 23.3. The van der Waals surface area contributed by atoms with E-state index in [9.17, 15) is 14.4 Å². The molecule has 0 aliphatic carbocycles. The number of benzene rings is 2.